The van der Waals surface area contributed by atoms with Gasteiger partial charge < -0.3 is 38.8 Å². The Labute approximate surface area is 349 Å². The van der Waals surface area contributed by atoms with E-state index in [2.05, 4.69) is 20.1 Å². The standard InChI is InChI=1S/C42H45F2N13O4/c1-4-59-27-19-52(3)40(58)33-16-26(48-41-45-8-7-30(49-41)28-13-25(44)14-31-37(28)55(20-27)23(2)47-31)18-56(33)38-29-17-46-57-32-6-5-24(43)15-35(32)60-11-9-53-21-34-36(22-53)61-12-10-54(34)42(50-38)51-39(29)57/h5-8,13-15,17,26-27,33-34,36H,4,9-12,16,18-22H2,1-3H3,(H,45,48,49)/t26-,27-,33-,34+,36-/m0/s1. The van der Waals surface area contributed by atoms with E-state index in [4.69, 9.17) is 39.2 Å². The van der Waals surface area contributed by atoms with E-state index >= 15 is 9.18 Å². The highest BCUT2D eigenvalue weighted by atomic mass is 19.1. The Morgan fingerprint density at radius 1 is 0.951 bits per heavy atom. The molecule has 1 unspecified atom stereocenters. The predicted molar refractivity (Wildman–Crippen MR) is 221 cm³/mol. The van der Waals surface area contributed by atoms with Gasteiger partial charge in [0.25, 0.3) is 0 Å². The molecule has 4 aromatic heterocycles. The number of halogens is 2. The average molecular weight is 834 g/mol. The molecule has 5 aliphatic rings. The van der Waals surface area contributed by atoms with Crippen molar-refractivity contribution in [1.29, 1.82) is 0 Å². The third kappa shape index (κ3) is 6.56. The first kappa shape index (κ1) is 37.9. The molecule has 2 aromatic carbocycles. The number of anilines is 3. The van der Waals surface area contributed by atoms with Crippen molar-refractivity contribution >= 4 is 45.7 Å². The fraction of sp³-hybridized carbons (Fsp3) is 0.452. The molecular weight excluding hydrogens is 789 g/mol. The highest BCUT2D eigenvalue weighted by Crippen LogP contribution is 2.38. The van der Waals surface area contributed by atoms with E-state index < -0.39 is 23.8 Å². The molecule has 6 atom stereocenters. The average Bonchev–Trinajstić information content (AvgIpc) is 4.04. The normalized spacial score (nSPS) is 25.1. The second-order valence-electron chi connectivity index (χ2n) is 16.4. The minimum Gasteiger partial charge on any atom is -0.490 e. The number of aromatic nitrogens is 8. The van der Waals surface area contributed by atoms with Gasteiger partial charge in [0.2, 0.25) is 17.8 Å². The van der Waals surface area contributed by atoms with Crippen LogP contribution in [-0.4, -0.2) is 151 Å². The molecule has 17 nitrogen and oxygen atoms in total. The summed E-state index contributed by atoms with van der Waals surface area (Å²) in [5.74, 6) is 1.43. The number of fused-ring (bicyclic) bond motifs is 10. The summed E-state index contributed by atoms with van der Waals surface area (Å²) in [5.41, 5.74) is 3.37. The molecule has 1 amide bonds. The van der Waals surface area contributed by atoms with Crippen molar-refractivity contribution in [3.8, 4) is 22.7 Å². The Kier molecular flexibility index (Phi) is 9.23. The summed E-state index contributed by atoms with van der Waals surface area (Å²) in [6.45, 7) is 8.71. The predicted octanol–water partition coefficient (Wildman–Crippen LogP) is 3.43. The van der Waals surface area contributed by atoms with E-state index in [1.54, 1.807) is 41.2 Å². The summed E-state index contributed by atoms with van der Waals surface area (Å²) in [5, 5.41) is 8.95. The number of nitrogens with one attached hydrogen (secondary N) is 1. The zero-order chi connectivity index (χ0) is 41.5. The van der Waals surface area contributed by atoms with Crippen molar-refractivity contribution in [2.45, 2.75) is 57.1 Å². The topological polar surface area (TPSA) is 157 Å². The van der Waals surface area contributed by atoms with Gasteiger partial charge in [0.1, 0.15) is 47.4 Å². The van der Waals surface area contributed by atoms with Crippen molar-refractivity contribution in [3.05, 3.63) is 66.3 Å². The number of likely N-dealkylation sites (N-methyl/N-ethyl adjacent to an activating group) is 1. The van der Waals surface area contributed by atoms with Gasteiger partial charge in [-0.05, 0) is 44.5 Å². The number of benzene rings is 2. The molecule has 5 aliphatic heterocycles. The molecule has 11 rings (SSSR count). The minimum absolute atomic E-state index is 0.0231. The van der Waals surface area contributed by atoms with Crippen molar-refractivity contribution < 1.29 is 27.8 Å². The smallest absolute Gasteiger partial charge is 0.245 e. The van der Waals surface area contributed by atoms with Crippen molar-refractivity contribution in [2.75, 3.05) is 81.3 Å². The fourth-order valence-electron chi connectivity index (χ4n) is 9.85. The van der Waals surface area contributed by atoms with Gasteiger partial charge in [-0.3, -0.25) is 9.69 Å². The van der Waals surface area contributed by atoms with Crippen LogP contribution in [-0.2, 0) is 20.8 Å². The number of amides is 1. The van der Waals surface area contributed by atoms with Crippen LogP contribution in [0.4, 0.5) is 26.5 Å². The summed E-state index contributed by atoms with van der Waals surface area (Å²) >= 11 is 0. The second-order valence-corrected chi connectivity index (χ2v) is 16.4. The number of hydrogen-bond acceptors (Lipinski definition) is 14. The molecule has 0 radical (unpaired) electrons. The lowest BCUT2D eigenvalue weighted by atomic mass is 10.1. The van der Waals surface area contributed by atoms with Gasteiger partial charge in [-0.15, -0.1) is 0 Å². The number of morpholine rings is 1. The van der Waals surface area contributed by atoms with E-state index in [0.717, 1.165) is 5.52 Å². The van der Waals surface area contributed by atoms with Gasteiger partial charge in [-0.1, -0.05) is 0 Å². The van der Waals surface area contributed by atoms with E-state index in [1.807, 2.05) is 23.3 Å². The summed E-state index contributed by atoms with van der Waals surface area (Å²) in [7, 11) is 1.80. The van der Waals surface area contributed by atoms with Crippen LogP contribution >= 0.6 is 0 Å². The maximum atomic E-state index is 15.2. The molecule has 19 heteroatoms. The highest BCUT2D eigenvalue weighted by molar-refractivity contribution is 5.94. The Balaban J connectivity index is 1.06. The molecule has 0 aliphatic carbocycles. The summed E-state index contributed by atoms with van der Waals surface area (Å²) in [6.07, 6.45) is 3.26. The number of imidazole rings is 1. The molecule has 316 valence electrons. The monoisotopic (exact) mass is 833 g/mol. The van der Waals surface area contributed by atoms with Crippen molar-refractivity contribution in [2.24, 2.45) is 0 Å². The molecule has 3 fully saturated rings. The van der Waals surface area contributed by atoms with Gasteiger partial charge in [0, 0.05) is 82.9 Å². The van der Waals surface area contributed by atoms with Gasteiger partial charge in [-0.2, -0.15) is 15.1 Å². The van der Waals surface area contributed by atoms with Crippen LogP contribution in [0.2, 0.25) is 0 Å². The second kappa shape index (κ2) is 14.8. The number of aryl methyl sites for hydroxylation is 1. The van der Waals surface area contributed by atoms with E-state index in [-0.39, 0.29) is 30.6 Å². The van der Waals surface area contributed by atoms with Gasteiger partial charge >= 0.3 is 0 Å². The molecule has 6 aromatic rings. The Morgan fingerprint density at radius 3 is 2.74 bits per heavy atom. The van der Waals surface area contributed by atoms with Gasteiger partial charge in [-0.25, -0.2) is 28.4 Å². The molecular formula is C42H45F2N13O4. The molecule has 0 saturated carbocycles. The molecule has 3 saturated heterocycles. The maximum Gasteiger partial charge on any atom is 0.245 e. The number of nitrogens with zero attached hydrogens (tertiary/aromatic N) is 12. The number of carbonyl (C=O) groups is 1. The Bertz CT molecular complexity index is 2690. The van der Waals surface area contributed by atoms with E-state index in [0.29, 0.717) is 128 Å². The third-order valence-corrected chi connectivity index (χ3v) is 12.6. The van der Waals surface area contributed by atoms with Crippen LogP contribution in [0.25, 0.3) is 39.0 Å². The van der Waals surface area contributed by atoms with Crippen LogP contribution in [0.1, 0.15) is 19.2 Å². The summed E-state index contributed by atoms with van der Waals surface area (Å²) in [4.78, 5) is 48.0. The SMILES string of the molecule is CCO[C@H]1CN(C)C(=O)[C@@H]2C[C@@H](CN2c2nc3nc4c2cnn4-c2ccc(F)cc2OCCN2C[C@@H]4OCCN3[C@@H]4C2)Nc2nccc(n2)-c2cc(F)cc3nc(C)n(c23)C1. The van der Waals surface area contributed by atoms with Gasteiger partial charge in [0.05, 0.1) is 59.7 Å². The lowest BCUT2D eigenvalue weighted by molar-refractivity contribution is -0.133. The first-order valence-electron chi connectivity index (χ1n) is 20.9. The number of rotatable bonds is 3. The van der Waals surface area contributed by atoms with Gasteiger partial charge in [0.15, 0.2) is 5.65 Å². The van der Waals surface area contributed by atoms with E-state index in [1.165, 1.54) is 24.3 Å². The molecule has 9 heterocycles. The van der Waals surface area contributed by atoms with Crippen LogP contribution in [0.3, 0.4) is 0 Å². The Hall–Kier alpha value is -6.05. The molecule has 61 heavy (non-hydrogen) atoms. The largest absolute Gasteiger partial charge is 0.490 e. The first-order chi connectivity index (χ1) is 29.7. The van der Waals surface area contributed by atoms with Crippen LogP contribution in [0, 0.1) is 18.6 Å². The lowest BCUT2D eigenvalue weighted by Crippen LogP contribution is -2.52. The maximum absolute atomic E-state index is 15.2. The third-order valence-electron chi connectivity index (χ3n) is 12.6. The van der Waals surface area contributed by atoms with Crippen LogP contribution in [0.5, 0.6) is 5.75 Å². The molecule has 0 spiro atoms. The zero-order valence-corrected chi connectivity index (χ0v) is 34.0. The highest BCUT2D eigenvalue weighted by Gasteiger charge is 2.44. The summed E-state index contributed by atoms with van der Waals surface area (Å²) < 4.78 is 52.5. The van der Waals surface area contributed by atoms with Crippen molar-refractivity contribution in [1.82, 2.24) is 49.1 Å². The van der Waals surface area contributed by atoms with Crippen LogP contribution in [0.15, 0.2) is 48.8 Å². The number of ether oxygens (including phenoxy) is 3. The van der Waals surface area contributed by atoms with E-state index in [9.17, 15) is 4.39 Å². The quantitative estimate of drug-likeness (QED) is 0.277. The van der Waals surface area contributed by atoms with Crippen LogP contribution < -0.4 is 19.9 Å². The molecule has 8 bridgehead atoms. The fourth-order valence-corrected chi connectivity index (χ4v) is 9.85. The molecule has 1 N–H and O–H groups in total. The minimum atomic E-state index is -0.674. The first-order valence-corrected chi connectivity index (χ1v) is 20.9. The lowest BCUT2D eigenvalue weighted by Gasteiger charge is -2.37. The Morgan fingerprint density at radius 2 is 1.85 bits per heavy atom. The van der Waals surface area contributed by atoms with Crippen molar-refractivity contribution in [3.63, 3.8) is 0 Å². The number of carbonyl (C=O) groups excluding carboxylic acids is 1. The number of hydrogen-bond donors (Lipinski definition) is 1. The zero-order valence-electron chi connectivity index (χ0n) is 34.0. The summed E-state index contributed by atoms with van der Waals surface area (Å²) in [6, 6.07) is 8.07.